The first kappa shape index (κ1) is 9.46. The highest BCUT2D eigenvalue weighted by Crippen LogP contribution is 2.39. The van der Waals surface area contributed by atoms with Gasteiger partial charge in [0.15, 0.2) is 0 Å². The maximum atomic E-state index is 14.2. The average Bonchev–Trinajstić information content (AvgIpc) is 2.56. The van der Waals surface area contributed by atoms with Gasteiger partial charge in [-0.05, 0) is 0 Å². The summed E-state index contributed by atoms with van der Waals surface area (Å²) >= 11 is 0. The van der Waals surface area contributed by atoms with Crippen molar-refractivity contribution in [2.45, 2.75) is 12.1 Å². The van der Waals surface area contributed by atoms with Crippen molar-refractivity contribution >= 4 is 6.16 Å². The molecule has 2 atom stereocenters. The van der Waals surface area contributed by atoms with Gasteiger partial charge in [-0.2, -0.15) is 4.39 Å². The summed E-state index contributed by atoms with van der Waals surface area (Å²) in [7, 11) is 0. The summed E-state index contributed by atoms with van der Waals surface area (Å²) in [6.45, 7) is 6.72. The van der Waals surface area contributed by atoms with Crippen LogP contribution >= 0.6 is 0 Å². The molecule has 2 unspecified atom stereocenters. The zero-order valence-corrected chi connectivity index (χ0v) is 7.51. The van der Waals surface area contributed by atoms with E-state index in [4.69, 9.17) is 6.57 Å². The maximum Gasteiger partial charge on any atom is 0.517 e. The number of hydrogen-bond acceptors (Lipinski definition) is 3. The summed E-state index contributed by atoms with van der Waals surface area (Å²) in [4.78, 5) is 13.6. The molecule has 1 saturated heterocycles. The Hall–Kier alpha value is -2.09. The van der Waals surface area contributed by atoms with Gasteiger partial charge < -0.3 is 9.47 Å². The Kier molecular flexibility index (Phi) is 2.05. The quantitative estimate of drug-likeness (QED) is 0.523. The number of hydrogen-bond donors (Lipinski definition) is 0. The first-order chi connectivity index (χ1) is 7.16. The van der Waals surface area contributed by atoms with E-state index in [1.165, 1.54) is 12.1 Å². The van der Waals surface area contributed by atoms with Gasteiger partial charge in [-0.3, -0.25) is 4.85 Å². The van der Waals surface area contributed by atoms with E-state index in [2.05, 4.69) is 14.3 Å². The Morgan fingerprint density at radius 1 is 1.40 bits per heavy atom. The van der Waals surface area contributed by atoms with Crippen molar-refractivity contribution in [3.05, 3.63) is 47.3 Å². The number of alkyl halides is 1. The summed E-state index contributed by atoms with van der Waals surface area (Å²) in [5, 5.41) is 0. The Morgan fingerprint density at radius 3 is 2.67 bits per heavy atom. The van der Waals surface area contributed by atoms with Crippen LogP contribution in [0.2, 0.25) is 0 Å². The monoisotopic (exact) mass is 207 g/mol. The van der Waals surface area contributed by atoms with Crippen LogP contribution in [0.3, 0.4) is 0 Å². The van der Waals surface area contributed by atoms with E-state index >= 15 is 0 Å². The van der Waals surface area contributed by atoms with Crippen LogP contribution in [0.25, 0.3) is 4.85 Å². The average molecular weight is 207 g/mol. The number of carbonyl (C=O) groups is 1. The topological polar surface area (TPSA) is 39.9 Å². The first-order valence-electron chi connectivity index (χ1n) is 4.17. The zero-order valence-electron chi connectivity index (χ0n) is 7.51. The number of ether oxygens (including phenoxy) is 2. The van der Waals surface area contributed by atoms with Crippen LogP contribution in [-0.4, -0.2) is 12.4 Å². The van der Waals surface area contributed by atoms with Crippen LogP contribution in [0.5, 0.6) is 0 Å². The molecule has 0 N–H and O–H groups in total. The van der Waals surface area contributed by atoms with E-state index in [-0.39, 0.29) is 5.56 Å². The first-order valence-corrected chi connectivity index (χ1v) is 4.17. The van der Waals surface area contributed by atoms with E-state index in [9.17, 15) is 9.18 Å². The lowest BCUT2D eigenvalue weighted by Gasteiger charge is -2.14. The SMILES string of the molecule is [C-]#[N+]C1OC(=O)OC1(F)c1ccccc1. The van der Waals surface area contributed by atoms with Gasteiger partial charge >= 0.3 is 18.2 Å². The summed E-state index contributed by atoms with van der Waals surface area (Å²) in [5.41, 5.74) is 0.0943. The lowest BCUT2D eigenvalue weighted by Crippen LogP contribution is -2.29. The molecule has 5 heteroatoms. The van der Waals surface area contributed by atoms with Crippen molar-refractivity contribution in [2.24, 2.45) is 0 Å². The Morgan fingerprint density at radius 2 is 2.07 bits per heavy atom. The number of cyclic esters (lactones) is 2. The van der Waals surface area contributed by atoms with E-state index in [1.807, 2.05) is 0 Å². The highest BCUT2D eigenvalue weighted by molar-refractivity contribution is 5.64. The fourth-order valence-electron chi connectivity index (χ4n) is 1.34. The number of carbonyl (C=O) groups excluding carboxylic acids is 1. The van der Waals surface area contributed by atoms with E-state index in [0.29, 0.717) is 0 Å². The van der Waals surface area contributed by atoms with Crippen molar-refractivity contribution in [3.8, 4) is 0 Å². The number of nitrogens with zero attached hydrogens (tertiary/aromatic N) is 1. The van der Waals surface area contributed by atoms with Gasteiger partial charge in [-0.1, -0.05) is 30.3 Å². The summed E-state index contributed by atoms with van der Waals surface area (Å²) in [6, 6.07) is 7.73. The van der Waals surface area contributed by atoms with Gasteiger partial charge in [0.05, 0.1) is 0 Å². The minimum Gasteiger partial charge on any atom is -0.381 e. The molecule has 76 valence electrons. The third-order valence-corrected chi connectivity index (χ3v) is 2.04. The Labute approximate surface area is 85.0 Å². The lowest BCUT2D eigenvalue weighted by atomic mass is 10.1. The zero-order chi connectivity index (χ0) is 10.9. The van der Waals surface area contributed by atoms with Gasteiger partial charge in [-0.15, -0.1) is 0 Å². The van der Waals surface area contributed by atoms with Gasteiger partial charge in [0.2, 0.25) is 0 Å². The van der Waals surface area contributed by atoms with Gasteiger partial charge in [0.25, 0.3) is 0 Å². The standard InChI is InChI=1S/C10H6FNO3/c1-12-8-10(11,15-9(13)14-8)7-5-3-2-4-6-7/h2-6,8H. The summed E-state index contributed by atoms with van der Waals surface area (Å²) < 4.78 is 23.0. The van der Waals surface area contributed by atoms with Crippen molar-refractivity contribution in [3.63, 3.8) is 0 Å². The molecule has 1 aromatic carbocycles. The molecule has 0 bridgehead atoms. The largest absolute Gasteiger partial charge is 0.517 e. The minimum absolute atomic E-state index is 0.0943. The van der Waals surface area contributed by atoms with Crippen LogP contribution in [0.15, 0.2) is 30.3 Å². The molecule has 15 heavy (non-hydrogen) atoms. The summed E-state index contributed by atoms with van der Waals surface area (Å²) in [5.74, 6) is -2.50. The molecule has 0 aromatic heterocycles. The third-order valence-electron chi connectivity index (χ3n) is 2.04. The Bertz CT molecular complexity index is 428. The van der Waals surface area contributed by atoms with E-state index < -0.39 is 18.2 Å². The van der Waals surface area contributed by atoms with E-state index in [0.717, 1.165) is 0 Å². The molecule has 1 fully saturated rings. The molecule has 1 heterocycles. The third kappa shape index (κ3) is 1.40. The van der Waals surface area contributed by atoms with Crippen LogP contribution in [0, 0.1) is 6.57 Å². The Balaban J connectivity index is 2.43. The molecular formula is C10H6FNO3. The predicted octanol–water partition coefficient (Wildman–Crippen LogP) is 2.22. The molecule has 0 radical (unpaired) electrons. The van der Waals surface area contributed by atoms with Crippen LogP contribution in [0.4, 0.5) is 9.18 Å². The van der Waals surface area contributed by atoms with Crippen LogP contribution in [-0.2, 0) is 15.3 Å². The normalized spacial score (nSPS) is 29.1. The fraction of sp³-hybridized carbons (Fsp3) is 0.200. The van der Waals surface area contributed by atoms with Gasteiger partial charge in [0.1, 0.15) is 0 Å². The van der Waals surface area contributed by atoms with Crippen LogP contribution < -0.4 is 0 Å². The minimum atomic E-state index is -2.50. The second-order valence-corrected chi connectivity index (χ2v) is 2.96. The highest BCUT2D eigenvalue weighted by atomic mass is 19.2. The maximum absolute atomic E-state index is 14.2. The van der Waals surface area contributed by atoms with Gasteiger partial charge in [-0.25, -0.2) is 11.4 Å². The molecule has 1 aromatic rings. The van der Waals surface area contributed by atoms with Crippen molar-refractivity contribution < 1.29 is 18.7 Å². The number of rotatable bonds is 1. The molecule has 0 spiro atoms. The molecular weight excluding hydrogens is 201 g/mol. The molecule has 0 amide bonds. The predicted molar refractivity (Wildman–Crippen MR) is 47.2 cm³/mol. The highest BCUT2D eigenvalue weighted by Gasteiger charge is 2.59. The van der Waals surface area contributed by atoms with Crippen molar-refractivity contribution in [1.29, 1.82) is 0 Å². The summed E-state index contributed by atoms with van der Waals surface area (Å²) in [6.07, 6.45) is -2.74. The molecule has 1 aliphatic rings. The molecule has 1 aliphatic heterocycles. The van der Waals surface area contributed by atoms with Gasteiger partial charge in [0, 0.05) is 5.56 Å². The smallest absolute Gasteiger partial charge is 0.381 e. The molecule has 0 saturated carbocycles. The molecule has 2 rings (SSSR count). The van der Waals surface area contributed by atoms with E-state index in [1.54, 1.807) is 18.2 Å². The van der Waals surface area contributed by atoms with Crippen LogP contribution in [0.1, 0.15) is 5.56 Å². The number of halogens is 1. The second-order valence-electron chi connectivity index (χ2n) is 2.96. The fourth-order valence-corrected chi connectivity index (χ4v) is 1.34. The molecule has 0 aliphatic carbocycles. The second kappa shape index (κ2) is 3.24. The van der Waals surface area contributed by atoms with Crippen molar-refractivity contribution in [1.82, 2.24) is 0 Å². The number of benzene rings is 1. The molecule has 4 nitrogen and oxygen atoms in total. The lowest BCUT2D eigenvalue weighted by molar-refractivity contribution is -0.0865. The van der Waals surface area contributed by atoms with Crippen molar-refractivity contribution in [2.75, 3.05) is 0 Å².